The summed E-state index contributed by atoms with van der Waals surface area (Å²) in [7, 11) is 0. The van der Waals surface area contributed by atoms with Crippen LogP contribution in [0.2, 0.25) is 0 Å². The van der Waals surface area contributed by atoms with Gasteiger partial charge in [0.1, 0.15) is 16.8 Å². The van der Waals surface area contributed by atoms with Crippen LogP contribution in [-0.4, -0.2) is 122 Å². The minimum atomic E-state index is -2.97. The van der Waals surface area contributed by atoms with Gasteiger partial charge in [-0.2, -0.15) is 0 Å². The van der Waals surface area contributed by atoms with E-state index in [0.29, 0.717) is 0 Å². The molecule has 0 saturated carbocycles. The van der Waals surface area contributed by atoms with Crippen molar-refractivity contribution in [3.05, 3.63) is 0 Å². The maximum absolute atomic E-state index is 10.1. The summed E-state index contributed by atoms with van der Waals surface area (Å²) in [5.41, 5.74) is -8.92. The van der Waals surface area contributed by atoms with Crippen LogP contribution in [0.1, 0.15) is 77.0 Å². The third kappa shape index (κ3) is 64.8. The van der Waals surface area contributed by atoms with E-state index in [2.05, 4.69) is 0 Å². The normalized spacial score (nSPS) is 9.22. The fourth-order valence-electron chi connectivity index (χ4n) is 2.67. The fourth-order valence-corrected chi connectivity index (χ4v) is 2.67. The average molecular weight is 1190 g/mol. The Bertz CT molecular complexity index is 1400. The first-order valence-corrected chi connectivity index (χ1v) is 15.4. The van der Waals surface area contributed by atoms with Crippen molar-refractivity contribution in [1.29, 1.82) is 0 Å². The Kier molecular flexibility index (Phi) is 61.1. The third-order valence-electron chi connectivity index (χ3n) is 5.36. The van der Waals surface area contributed by atoms with E-state index >= 15 is 0 Å². The van der Waals surface area contributed by atoms with E-state index in [1.54, 1.807) is 0 Å². The van der Waals surface area contributed by atoms with Crippen LogP contribution in [0, 0.1) is 0 Å². The summed E-state index contributed by atoms with van der Waals surface area (Å²) in [6.07, 6.45) is -11.0. The van der Waals surface area contributed by atoms with Crippen molar-refractivity contribution in [3.8, 4) is 0 Å². The number of hydrogen-bond acceptors (Lipinski definition) is 33. The smallest absolute Gasteiger partial charge is 0.550 e. The van der Waals surface area contributed by atoms with Crippen LogP contribution in [0.5, 0.6) is 0 Å². The van der Waals surface area contributed by atoms with Crippen molar-refractivity contribution in [1.82, 2.24) is 0 Å². The van der Waals surface area contributed by atoms with Gasteiger partial charge in [0.25, 0.3) is 0 Å². The third-order valence-corrected chi connectivity index (χ3v) is 5.36. The molecule has 0 bridgehead atoms. The zero-order chi connectivity index (χ0) is 51.6. The fraction of sp³-hybridized carbons (Fsp3) is 0.500. The van der Waals surface area contributed by atoms with Crippen LogP contribution < -0.4 is 76.6 Å². The van der Waals surface area contributed by atoms with Crippen molar-refractivity contribution in [2.75, 3.05) is 0 Å². The van der Waals surface area contributed by atoms with Crippen molar-refractivity contribution in [2.24, 2.45) is 0 Å². The van der Waals surface area contributed by atoms with Gasteiger partial charge in [-0.05, 0) is 38.5 Å². The molecule has 0 atom stereocenters. The SMILES string of the molecule is O=C([O-])CC(O)(CC(=O)[O-])C(=O)[O-].O=C([O-])CC(O)(CC(=O)[O-])C(=O)[O-].O=C([O-])CC(O)(CC(=O)[O-])C(=O)[O-].O=C([O-])CCC(=O)[O-].O=C([O-])CCC(=O)[O-].O=C([O-])CCC(=O)[O-].[Fe+3].[Fe+3].[Fe+3].[Fe+3].[Fe+3]. The summed E-state index contributed by atoms with van der Waals surface area (Å²) >= 11 is 0. The summed E-state index contributed by atoms with van der Waals surface area (Å²) in [6, 6.07) is 0. The summed E-state index contributed by atoms with van der Waals surface area (Å²) in [6.45, 7) is 0. The first-order valence-electron chi connectivity index (χ1n) is 15.4. The monoisotopic (exact) mass is 1190 g/mol. The molecule has 0 aromatic carbocycles. The molecule has 0 saturated heterocycles. The standard InChI is InChI=1S/3C6H8O7.3C4H6O4.5Fe/c3*7-3(8)1-6(13,5(11)12)2-4(9)10;3*5-3(6)1-2-4(7)8;;;;;/h3*13H,1-2H2,(H,7,8)(H,9,10)(H,11,12);3*1-2H2,(H,5,6)(H,7,8);;;;;/q;;;;;;5*+3/p-15. The van der Waals surface area contributed by atoms with E-state index in [1.165, 1.54) is 0 Å². The quantitative estimate of drug-likeness (QED) is 0.0756. The number of aliphatic hydroxyl groups is 3. The predicted molar refractivity (Wildman–Crippen MR) is 145 cm³/mol. The second-order valence-corrected chi connectivity index (χ2v) is 11.0. The average Bonchev–Trinajstić information content (AvgIpc) is 3.04. The van der Waals surface area contributed by atoms with Gasteiger partial charge in [-0.25, -0.2) is 0 Å². The Balaban J connectivity index is -0.0000000636. The van der Waals surface area contributed by atoms with Crippen LogP contribution in [0.3, 0.4) is 0 Å². The van der Waals surface area contributed by atoms with Crippen LogP contribution in [0.4, 0.5) is 0 Å². The van der Waals surface area contributed by atoms with Gasteiger partial charge >= 0.3 is 85.3 Å². The summed E-state index contributed by atoms with van der Waals surface area (Å²) in [4.78, 5) is 147. The van der Waals surface area contributed by atoms with Crippen molar-refractivity contribution in [2.45, 2.75) is 93.9 Å². The Morgan fingerprint density at radius 2 is 0.309 bits per heavy atom. The predicted octanol–water partition coefficient (Wildman–Crippen LogP) is -24.0. The molecule has 3 N–H and O–H groups in total. The molecule has 0 amide bonds. The first-order chi connectivity index (χ1) is 28.2. The molecule has 385 valence electrons. The van der Waals surface area contributed by atoms with Gasteiger partial charge in [0.05, 0.1) is 17.9 Å². The van der Waals surface area contributed by atoms with Gasteiger partial charge in [0.15, 0.2) is 0 Å². The van der Waals surface area contributed by atoms with E-state index in [9.17, 15) is 149 Å². The topological polar surface area (TPSA) is 663 Å². The van der Waals surface area contributed by atoms with E-state index in [0.717, 1.165) is 0 Å². The van der Waals surface area contributed by atoms with E-state index in [-0.39, 0.29) is 85.3 Å². The largest absolute Gasteiger partial charge is 3.00 e. The van der Waals surface area contributed by atoms with Gasteiger partial charge in [-0.1, -0.05) is 0 Å². The first kappa shape index (κ1) is 89.2. The Labute approximate surface area is 430 Å². The molecule has 5 radical (unpaired) electrons. The number of carbonyl (C=O) groups is 15. The molecule has 0 unspecified atom stereocenters. The molecule has 0 fully saturated rings. The Hall–Kier alpha value is -5.47. The maximum atomic E-state index is 10.1. The zero-order valence-corrected chi connectivity index (χ0v) is 38.4. The molecule has 68 heavy (non-hydrogen) atoms. The molecule has 0 aromatic heterocycles. The van der Waals surface area contributed by atoms with Gasteiger partial charge < -0.3 is 164 Å². The molecular weight excluding hydrogens is 1170 g/mol. The molecule has 0 aliphatic heterocycles. The molecule has 0 aromatic rings. The van der Waals surface area contributed by atoms with Crippen molar-refractivity contribution in [3.63, 3.8) is 0 Å². The number of carboxylic acid groups (broad SMARTS) is 15. The molecule has 0 heterocycles. The number of rotatable bonds is 24. The van der Waals surface area contributed by atoms with Crippen LogP contribution >= 0.6 is 0 Å². The molecule has 33 nitrogen and oxygen atoms in total. The van der Waals surface area contributed by atoms with Crippen LogP contribution in [0.15, 0.2) is 0 Å². The minimum absolute atomic E-state index is 0. The van der Waals surface area contributed by atoms with Gasteiger partial charge in [0.2, 0.25) is 0 Å². The van der Waals surface area contributed by atoms with Gasteiger partial charge in [0, 0.05) is 110 Å². The van der Waals surface area contributed by atoms with Crippen molar-refractivity contribution < 1.29 is 249 Å². The second kappa shape index (κ2) is 46.6. The van der Waals surface area contributed by atoms with Gasteiger partial charge in [-0.3, -0.25) is 0 Å². The number of hydrogen-bond donors (Lipinski definition) is 3. The second-order valence-electron chi connectivity index (χ2n) is 11.0. The Morgan fingerprint density at radius 1 is 0.221 bits per heavy atom. The Morgan fingerprint density at radius 3 is 0.353 bits per heavy atom. The van der Waals surface area contributed by atoms with Crippen LogP contribution in [0.25, 0.3) is 0 Å². The molecule has 0 aliphatic rings. The molecule has 0 spiro atoms. The zero-order valence-electron chi connectivity index (χ0n) is 32.8. The molecular formula is C30H27Fe5O33. The van der Waals surface area contributed by atoms with E-state index in [4.69, 9.17) is 15.3 Å². The minimum Gasteiger partial charge on any atom is -0.550 e. The van der Waals surface area contributed by atoms with E-state index in [1.807, 2.05) is 0 Å². The molecule has 0 rings (SSSR count). The summed E-state index contributed by atoms with van der Waals surface area (Å²) < 4.78 is 0. The maximum Gasteiger partial charge on any atom is 3.00 e. The number of carbonyl (C=O) groups excluding carboxylic acids is 15. The molecule has 0 aliphatic carbocycles. The summed E-state index contributed by atoms with van der Waals surface area (Å²) in [5.74, 6) is -26.2. The van der Waals surface area contributed by atoms with Crippen molar-refractivity contribution >= 4 is 89.5 Å². The van der Waals surface area contributed by atoms with Crippen LogP contribution in [-0.2, 0) is 157 Å². The van der Waals surface area contributed by atoms with E-state index < -0.39 is 183 Å². The number of carboxylic acids is 15. The molecule has 38 heteroatoms. The number of aliphatic carboxylic acids is 15. The summed E-state index contributed by atoms with van der Waals surface area (Å²) in [5, 5.41) is 174. The van der Waals surface area contributed by atoms with Gasteiger partial charge in [-0.15, -0.1) is 0 Å².